The summed E-state index contributed by atoms with van der Waals surface area (Å²) in [5, 5.41) is 17.5. The van der Waals surface area contributed by atoms with E-state index in [1.807, 2.05) is 20.8 Å². The second-order valence-corrected chi connectivity index (χ2v) is 7.77. The third-order valence-electron chi connectivity index (χ3n) is 4.28. The van der Waals surface area contributed by atoms with Crippen LogP contribution in [0.4, 0.5) is 10.5 Å². The van der Waals surface area contributed by atoms with Gasteiger partial charge in [0.1, 0.15) is 0 Å². The Kier molecular flexibility index (Phi) is 6.23. The van der Waals surface area contributed by atoms with E-state index in [2.05, 4.69) is 16.0 Å². The lowest BCUT2D eigenvalue weighted by molar-refractivity contribution is -0.142. The maximum atomic E-state index is 12.2. The Hall–Kier alpha value is -2.57. The number of carboxylic acid groups (broad SMARTS) is 1. The zero-order valence-corrected chi connectivity index (χ0v) is 15.5. The number of carboxylic acids is 1. The number of amides is 3. The Morgan fingerprint density at radius 3 is 2.31 bits per heavy atom. The molecular formula is C19H27N3O4. The van der Waals surface area contributed by atoms with Gasteiger partial charge in [0.2, 0.25) is 0 Å². The molecule has 1 aliphatic rings. The van der Waals surface area contributed by atoms with E-state index in [1.165, 1.54) is 0 Å². The molecule has 7 nitrogen and oxygen atoms in total. The van der Waals surface area contributed by atoms with Crippen LogP contribution in [0, 0.1) is 5.92 Å². The van der Waals surface area contributed by atoms with E-state index < -0.39 is 5.97 Å². The van der Waals surface area contributed by atoms with Gasteiger partial charge in [-0.2, -0.15) is 0 Å². The molecular weight excluding hydrogens is 334 g/mol. The predicted octanol–water partition coefficient (Wildman–Crippen LogP) is 2.98. The average Bonchev–Trinajstić information content (AvgIpc) is 2.54. The number of rotatable bonds is 4. The van der Waals surface area contributed by atoms with Crippen LogP contribution < -0.4 is 16.0 Å². The first-order chi connectivity index (χ1) is 12.1. The van der Waals surface area contributed by atoms with Gasteiger partial charge in [-0.3, -0.25) is 9.59 Å². The third-order valence-corrected chi connectivity index (χ3v) is 4.28. The number of carbonyl (C=O) groups excluding carboxylic acids is 2. The summed E-state index contributed by atoms with van der Waals surface area (Å²) in [5.74, 6) is -1.28. The minimum atomic E-state index is -0.766. The Morgan fingerprint density at radius 1 is 1.08 bits per heavy atom. The highest BCUT2D eigenvalue weighted by Gasteiger charge is 2.26. The maximum Gasteiger partial charge on any atom is 0.319 e. The van der Waals surface area contributed by atoms with Crippen molar-refractivity contribution in [2.75, 3.05) is 5.32 Å². The molecule has 1 fully saturated rings. The molecule has 142 valence electrons. The van der Waals surface area contributed by atoms with Gasteiger partial charge in [-0.15, -0.1) is 0 Å². The Balaban J connectivity index is 1.88. The highest BCUT2D eigenvalue weighted by atomic mass is 16.4. The molecule has 0 atom stereocenters. The van der Waals surface area contributed by atoms with Gasteiger partial charge in [-0.25, -0.2) is 4.79 Å². The fourth-order valence-electron chi connectivity index (χ4n) is 2.99. The van der Waals surface area contributed by atoms with Gasteiger partial charge < -0.3 is 21.1 Å². The van der Waals surface area contributed by atoms with Crippen LogP contribution in [0.2, 0.25) is 0 Å². The topological polar surface area (TPSA) is 108 Å². The van der Waals surface area contributed by atoms with Crippen molar-refractivity contribution in [2.45, 2.75) is 58.0 Å². The van der Waals surface area contributed by atoms with Gasteiger partial charge in [0.25, 0.3) is 5.91 Å². The van der Waals surface area contributed by atoms with Crippen LogP contribution in [0.25, 0.3) is 0 Å². The average molecular weight is 361 g/mol. The van der Waals surface area contributed by atoms with Crippen LogP contribution in [0.3, 0.4) is 0 Å². The lowest BCUT2D eigenvalue weighted by Crippen LogP contribution is -2.41. The van der Waals surface area contributed by atoms with Crippen LogP contribution in [0.1, 0.15) is 56.8 Å². The van der Waals surface area contributed by atoms with Crippen LogP contribution >= 0.6 is 0 Å². The highest BCUT2D eigenvalue weighted by Crippen LogP contribution is 2.24. The predicted molar refractivity (Wildman–Crippen MR) is 99.2 cm³/mol. The summed E-state index contributed by atoms with van der Waals surface area (Å²) >= 11 is 0. The molecule has 7 heteroatoms. The molecule has 0 aliphatic heterocycles. The number of benzene rings is 1. The van der Waals surface area contributed by atoms with E-state index >= 15 is 0 Å². The molecule has 26 heavy (non-hydrogen) atoms. The first-order valence-corrected chi connectivity index (χ1v) is 8.87. The Morgan fingerprint density at radius 2 is 1.73 bits per heavy atom. The number of anilines is 1. The number of nitrogens with one attached hydrogen (secondary N) is 3. The summed E-state index contributed by atoms with van der Waals surface area (Å²) < 4.78 is 0. The molecule has 1 aliphatic carbocycles. The number of hydrogen-bond acceptors (Lipinski definition) is 3. The molecule has 1 saturated carbocycles. The van der Waals surface area contributed by atoms with Crippen molar-refractivity contribution in [3.63, 3.8) is 0 Å². The molecule has 0 unspecified atom stereocenters. The minimum Gasteiger partial charge on any atom is -0.481 e. The van der Waals surface area contributed by atoms with Crippen molar-refractivity contribution >= 4 is 23.6 Å². The van der Waals surface area contributed by atoms with Gasteiger partial charge in [-0.1, -0.05) is 6.07 Å². The van der Waals surface area contributed by atoms with Crippen molar-refractivity contribution in [1.29, 1.82) is 0 Å². The number of aliphatic carboxylic acids is 1. The molecule has 1 aromatic rings. The summed E-state index contributed by atoms with van der Waals surface area (Å²) in [6.07, 6.45) is 2.45. The van der Waals surface area contributed by atoms with Gasteiger partial charge in [-0.05, 0) is 64.7 Å². The van der Waals surface area contributed by atoms with Crippen LogP contribution in [-0.4, -0.2) is 34.6 Å². The lowest BCUT2D eigenvalue weighted by atomic mass is 9.86. The van der Waals surface area contributed by atoms with Crippen LogP contribution in [-0.2, 0) is 4.79 Å². The normalized spacial score (nSPS) is 20.1. The monoisotopic (exact) mass is 361 g/mol. The second-order valence-electron chi connectivity index (χ2n) is 7.77. The summed E-state index contributed by atoms with van der Waals surface area (Å²) in [4.78, 5) is 35.3. The van der Waals surface area contributed by atoms with E-state index in [0.717, 1.165) is 0 Å². The fraction of sp³-hybridized carbons (Fsp3) is 0.526. The number of urea groups is 1. The summed E-state index contributed by atoms with van der Waals surface area (Å²) in [6.45, 7) is 5.71. The molecule has 2 rings (SSSR count). The zero-order valence-electron chi connectivity index (χ0n) is 15.5. The quantitative estimate of drug-likeness (QED) is 0.661. The summed E-state index contributed by atoms with van der Waals surface area (Å²) in [6, 6.07) is 6.37. The largest absolute Gasteiger partial charge is 0.481 e. The molecule has 3 amide bonds. The van der Waals surface area contributed by atoms with E-state index in [1.54, 1.807) is 24.3 Å². The van der Waals surface area contributed by atoms with E-state index in [0.29, 0.717) is 36.9 Å². The first-order valence-electron chi connectivity index (χ1n) is 8.87. The van der Waals surface area contributed by atoms with Gasteiger partial charge in [0, 0.05) is 22.8 Å². The molecule has 0 heterocycles. The van der Waals surface area contributed by atoms with Crippen molar-refractivity contribution < 1.29 is 19.5 Å². The third kappa shape index (κ3) is 6.06. The SMILES string of the molecule is CC(C)(C)NC(=O)c1cccc(NC(=O)NC2CCC(C(=O)O)CC2)c1. The smallest absolute Gasteiger partial charge is 0.319 e. The highest BCUT2D eigenvalue weighted by molar-refractivity contribution is 5.97. The standard InChI is InChI=1S/C19H27N3O4/c1-19(2,3)22-16(23)13-5-4-6-15(11-13)21-18(26)20-14-9-7-12(8-10-14)17(24)25/h4-6,11-12,14H,7-10H2,1-3H3,(H,22,23)(H,24,25)(H2,20,21,26). The summed E-state index contributed by atoms with van der Waals surface area (Å²) in [5.41, 5.74) is 0.662. The molecule has 0 radical (unpaired) electrons. The maximum absolute atomic E-state index is 12.2. The number of hydrogen-bond donors (Lipinski definition) is 4. The van der Waals surface area contributed by atoms with Gasteiger partial charge >= 0.3 is 12.0 Å². The zero-order chi connectivity index (χ0) is 19.3. The van der Waals surface area contributed by atoms with E-state index in [-0.39, 0.29) is 29.4 Å². The van der Waals surface area contributed by atoms with E-state index in [4.69, 9.17) is 5.11 Å². The second kappa shape index (κ2) is 8.21. The molecule has 1 aromatic carbocycles. The van der Waals surface area contributed by atoms with Crippen LogP contribution in [0.5, 0.6) is 0 Å². The molecule has 0 bridgehead atoms. The number of carbonyl (C=O) groups is 3. The Bertz CT molecular complexity index is 674. The lowest BCUT2D eigenvalue weighted by Gasteiger charge is -2.26. The van der Waals surface area contributed by atoms with E-state index in [9.17, 15) is 14.4 Å². The fourth-order valence-corrected chi connectivity index (χ4v) is 2.99. The van der Waals surface area contributed by atoms with Crippen molar-refractivity contribution in [3.05, 3.63) is 29.8 Å². The van der Waals surface area contributed by atoms with Crippen molar-refractivity contribution in [3.8, 4) is 0 Å². The van der Waals surface area contributed by atoms with Crippen molar-refractivity contribution in [2.24, 2.45) is 5.92 Å². The molecule has 0 spiro atoms. The van der Waals surface area contributed by atoms with Crippen molar-refractivity contribution in [1.82, 2.24) is 10.6 Å². The Labute approximate surface area is 153 Å². The molecule has 0 saturated heterocycles. The van der Waals surface area contributed by atoms with Crippen LogP contribution in [0.15, 0.2) is 24.3 Å². The molecule has 0 aromatic heterocycles. The van der Waals surface area contributed by atoms with Gasteiger partial charge in [0.05, 0.1) is 5.92 Å². The minimum absolute atomic E-state index is 0.0297. The summed E-state index contributed by atoms with van der Waals surface area (Å²) in [7, 11) is 0. The van der Waals surface area contributed by atoms with Gasteiger partial charge in [0.15, 0.2) is 0 Å². The first kappa shape index (κ1) is 19.8. The molecule has 4 N–H and O–H groups in total.